The third-order valence-electron chi connectivity index (χ3n) is 7.94. The molecule has 2 heterocycles. The zero-order valence-electron chi connectivity index (χ0n) is 22.3. The molecule has 0 saturated carbocycles. The standard InChI is InChI=1S/C28H34Cl2F4N4O2/c1-35(15-19-3-5-22(25(31)13-19)28(32,33)34)26-17-38(16-21(26)20-4-6-23(29)24(30)14-20)27(18-40)37-10-8-36(9-11-37)7-2-12-39/h3-6,13-14,18,21,26-27,39H,2,7-12,15-17H2,1H3/t21-,26-,27?/m1/s1. The molecule has 0 spiro atoms. The summed E-state index contributed by atoms with van der Waals surface area (Å²) < 4.78 is 53.4. The van der Waals surface area contributed by atoms with Crippen molar-refractivity contribution in [2.75, 3.05) is 59.5 Å². The van der Waals surface area contributed by atoms with E-state index in [1.165, 1.54) is 6.07 Å². The predicted molar refractivity (Wildman–Crippen MR) is 147 cm³/mol. The molecule has 1 N–H and O–H groups in total. The number of benzene rings is 2. The molecule has 0 aromatic heterocycles. The fraction of sp³-hybridized carbons (Fsp3) is 0.536. The van der Waals surface area contributed by atoms with Gasteiger partial charge in [-0.1, -0.05) is 35.3 Å². The van der Waals surface area contributed by atoms with Crippen LogP contribution in [0.2, 0.25) is 10.0 Å². The van der Waals surface area contributed by atoms with Gasteiger partial charge in [0.2, 0.25) is 0 Å². The molecule has 0 radical (unpaired) electrons. The maximum absolute atomic E-state index is 14.3. The van der Waals surface area contributed by atoms with E-state index in [2.05, 4.69) is 14.7 Å². The summed E-state index contributed by atoms with van der Waals surface area (Å²) in [5, 5.41) is 9.96. The van der Waals surface area contributed by atoms with Gasteiger partial charge >= 0.3 is 6.18 Å². The number of aliphatic hydroxyl groups excluding tert-OH is 1. The Hall–Kier alpha value is -1.79. The lowest BCUT2D eigenvalue weighted by Gasteiger charge is -2.40. The molecule has 4 rings (SSSR count). The van der Waals surface area contributed by atoms with Crippen LogP contribution in [0.25, 0.3) is 0 Å². The van der Waals surface area contributed by atoms with E-state index in [0.717, 1.165) is 43.6 Å². The van der Waals surface area contributed by atoms with Gasteiger partial charge in [-0.15, -0.1) is 0 Å². The number of aldehydes is 1. The van der Waals surface area contributed by atoms with Crippen LogP contribution in [0.3, 0.4) is 0 Å². The molecule has 40 heavy (non-hydrogen) atoms. The molecule has 3 atom stereocenters. The number of aliphatic hydroxyl groups is 1. The minimum atomic E-state index is -4.76. The van der Waals surface area contributed by atoms with Gasteiger partial charge in [-0.3, -0.25) is 14.7 Å². The van der Waals surface area contributed by atoms with E-state index in [4.69, 9.17) is 28.3 Å². The van der Waals surface area contributed by atoms with Crippen molar-refractivity contribution in [3.63, 3.8) is 0 Å². The summed E-state index contributed by atoms with van der Waals surface area (Å²) in [7, 11) is 1.85. The van der Waals surface area contributed by atoms with Crippen molar-refractivity contribution >= 4 is 29.5 Å². The van der Waals surface area contributed by atoms with Crippen molar-refractivity contribution < 1.29 is 27.5 Å². The van der Waals surface area contributed by atoms with Gasteiger partial charge in [-0.2, -0.15) is 13.2 Å². The van der Waals surface area contributed by atoms with E-state index in [1.54, 1.807) is 6.07 Å². The summed E-state index contributed by atoms with van der Waals surface area (Å²) in [6.07, 6.45) is -3.52. The van der Waals surface area contributed by atoms with Gasteiger partial charge in [0.15, 0.2) is 6.29 Å². The van der Waals surface area contributed by atoms with Gasteiger partial charge < -0.3 is 14.8 Å². The second kappa shape index (κ2) is 13.5. The molecule has 2 aliphatic rings. The lowest BCUT2D eigenvalue weighted by Crippen LogP contribution is -2.56. The summed E-state index contributed by atoms with van der Waals surface area (Å²) in [4.78, 5) is 20.9. The number of rotatable bonds is 10. The number of hydrogen-bond donors (Lipinski definition) is 1. The van der Waals surface area contributed by atoms with Gasteiger partial charge in [0, 0.05) is 70.9 Å². The van der Waals surface area contributed by atoms with Gasteiger partial charge in [-0.25, -0.2) is 4.39 Å². The Morgan fingerprint density at radius 2 is 1.77 bits per heavy atom. The van der Waals surface area contributed by atoms with Gasteiger partial charge in [0.1, 0.15) is 12.0 Å². The van der Waals surface area contributed by atoms with Crippen LogP contribution in [0.1, 0.15) is 29.0 Å². The number of piperazine rings is 1. The average molecular weight is 606 g/mol. The van der Waals surface area contributed by atoms with Crippen LogP contribution in [-0.4, -0.2) is 103 Å². The van der Waals surface area contributed by atoms with Gasteiger partial charge in [-0.05, 0) is 48.9 Å². The van der Waals surface area contributed by atoms with E-state index in [-0.39, 0.29) is 25.1 Å². The summed E-state index contributed by atoms with van der Waals surface area (Å²) in [5.41, 5.74) is 0.0704. The molecule has 0 amide bonds. The fourth-order valence-corrected chi connectivity index (χ4v) is 6.10. The topological polar surface area (TPSA) is 50.3 Å². The zero-order valence-corrected chi connectivity index (χ0v) is 23.8. The molecular weight excluding hydrogens is 571 g/mol. The largest absolute Gasteiger partial charge is 0.419 e. The Morgan fingerprint density at radius 3 is 2.38 bits per heavy atom. The molecule has 2 saturated heterocycles. The molecule has 0 bridgehead atoms. The highest BCUT2D eigenvalue weighted by molar-refractivity contribution is 6.42. The van der Waals surface area contributed by atoms with Crippen LogP contribution < -0.4 is 0 Å². The predicted octanol–water partition coefficient (Wildman–Crippen LogP) is 4.58. The summed E-state index contributed by atoms with van der Waals surface area (Å²) in [5.74, 6) is -1.38. The first-order valence-corrected chi connectivity index (χ1v) is 14.0. The Balaban J connectivity index is 1.53. The maximum Gasteiger partial charge on any atom is 0.419 e. The summed E-state index contributed by atoms with van der Waals surface area (Å²) >= 11 is 12.5. The Kier molecular flexibility index (Phi) is 10.5. The Bertz CT molecular complexity index is 1160. The van der Waals surface area contributed by atoms with Crippen LogP contribution in [-0.2, 0) is 17.5 Å². The molecule has 2 aromatic carbocycles. The SMILES string of the molecule is CN(Cc1ccc(C(F)(F)F)c(F)c1)[C@@H]1CN(C(C=O)N2CCN(CCCO)CC2)C[C@@H]1c1ccc(Cl)c(Cl)c1. The van der Waals surface area contributed by atoms with E-state index in [9.17, 15) is 22.4 Å². The number of carbonyl (C=O) groups excluding carboxylic acids is 1. The van der Waals surface area contributed by atoms with E-state index >= 15 is 0 Å². The third-order valence-corrected chi connectivity index (χ3v) is 8.67. The number of likely N-dealkylation sites (tertiary alicyclic amines) is 1. The van der Waals surface area contributed by atoms with Crippen molar-refractivity contribution in [2.24, 2.45) is 0 Å². The molecule has 6 nitrogen and oxygen atoms in total. The Morgan fingerprint density at radius 1 is 1.05 bits per heavy atom. The minimum absolute atomic E-state index is 0.0765. The molecule has 2 fully saturated rings. The molecule has 220 valence electrons. The third kappa shape index (κ3) is 7.34. The molecular formula is C28H34Cl2F4N4O2. The minimum Gasteiger partial charge on any atom is -0.396 e. The quantitative estimate of drug-likeness (QED) is 0.317. The highest BCUT2D eigenvalue weighted by Crippen LogP contribution is 2.36. The first-order valence-electron chi connectivity index (χ1n) is 13.3. The number of carbonyl (C=O) groups is 1. The smallest absolute Gasteiger partial charge is 0.396 e. The highest BCUT2D eigenvalue weighted by Gasteiger charge is 2.41. The van der Waals surface area contributed by atoms with Crippen molar-refractivity contribution in [1.29, 1.82) is 0 Å². The summed E-state index contributed by atoms with van der Waals surface area (Å²) in [6.45, 7) is 5.31. The average Bonchev–Trinajstić information content (AvgIpc) is 3.35. The van der Waals surface area contributed by atoms with Crippen LogP contribution in [0.4, 0.5) is 17.6 Å². The van der Waals surface area contributed by atoms with Crippen molar-refractivity contribution in [3.05, 3.63) is 69.0 Å². The maximum atomic E-state index is 14.3. The van der Waals surface area contributed by atoms with E-state index in [1.807, 2.05) is 24.1 Å². The van der Waals surface area contributed by atoms with Crippen LogP contribution in [0.5, 0.6) is 0 Å². The highest BCUT2D eigenvalue weighted by atomic mass is 35.5. The normalized spacial score (nSPS) is 22.2. The number of alkyl halides is 3. The van der Waals surface area contributed by atoms with E-state index < -0.39 is 23.7 Å². The van der Waals surface area contributed by atoms with Gasteiger partial charge in [0.05, 0.1) is 15.6 Å². The fourth-order valence-electron chi connectivity index (χ4n) is 5.79. The van der Waals surface area contributed by atoms with Crippen molar-refractivity contribution in [1.82, 2.24) is 19.6 Å². The number of likely N-dealkylation sites (N-methyl/N-ethyl adjacent to an activating group) is 1. The molecule has 0 aliphatic carbocycles. The van der Waals surface area contributed by atoms with E-state index in [0.29, 0.717) is 48.2 Å². The number of halogens is 6. The molecule has 2 aliphatic heterocycles. The first kappa shape index (κ1) is 31.2. The lowest BCUT2D eigenvalue weighted by molar-refractivity contribution is -0.140. The Labute approximate surface area is 242 Å². The van der Waals surface area contributed by atoms with Crippen LogP contribution >= 0.6 is 23.2 Å². The second-order valence-electron chi connectivity index (χ2n) is 10.5. The summed E-state index contributed by atoms with van der Waals surface area (Å²) in [6, 6.07) is 8.32. The lowest BCUT2D eigenvalue weighted by atomic mass is 9.93. The van der Waals surface area contributed by atoms with Crippen molar-refractivity contribution in [2.45, 2.75) is 37.3 Å². The monoisotopic (exact) mass is 604 g/mol. The number of nitrogens with zero attached hydrogens (tertiary/aromatic N) is 4. The number of hydrogen-bond acceptors (Lipinski definition) is 6. The second-order valence-corrected chi connectivity index (χ2v) is 11.3. The zero-order chi connectivity index (χ0) is 29.0. The molecule has 1 unspecified atom stereocenters. The van der Waals surface area contributed by atoms with Crippen molar-refractivity contribution in [3.8, 4) is 0 Å². The van der Waals surface area contributed by atoms with Crippen LogP contribution in [0.15, 0.2) is 36.4 Å². The molecule has 2 aromatic rings. The molecule has 12 heteroatoms. The first-order chi connectivity index (χ1) is 19.0. The van der Waals surface area contributed by atoms with Gasteiger partial charge in [0.25, 0.3) is 0 Å². The van der Waals surface area contributed by atoms with Crippen LogP contribution in [0, 0.1) is 5.82 Å².